The Balaban J connectivity index is 1.62. The number of anilines is 1. The highest BCUT2D eigenvalue weighted by Gasteiger charge is 2.33. The van der Waals surface area contributed by atoms with Gasteiger partial charge in [0.2, 0.25) is 5.95 Å². The molecule has 3 rings (SSSR count). The third kappa shape index (κ3) is 9.72. The summed E-state index contributed by atoms with van der Waals surface area (Å²) in [4.78, 5) is 29.5. The van der Waals surface area contributed by atoms with E-state index in [1.54, 1.807) is 5.01 Å². The summed E-state index contributed by atoms with van der Waals surface area (Å²) in [6, 6.07) is 8.29. The minimum atomic E-state index is -4.41. The molecule has 0 radical (unpaired) electrons. The summed E-state index contributed by atoms with van der Waals surface area (Å²) in [5.41, 5.74) is 0.0607. The highest BCUT2D eigenvalue weighted by atomic mass is 19.4. The van der Waals surface area contributed by atoms with Crippen molar-refractivity contribution in [2.45, 2.75) is 71.7 Å². The van der Waals surface area contributed by atoms with Gasteiger partial charge in [-0.15, -0.1) is 0 Å². The summed E-state index contributed by atoms with van der Waals surface area (Å²) in [7, 11) is 0. The fraction of sp³-hybridized carbons (Fsp3) is 0.517. The molecule has 1 aromatic carbocycles. The Bertz CT molecular complexity index is 1210. The van der Waals surface area contributed by atoms with Gasteiger partial charge in [-0.3, -0.25) is 9.80 Å². The summed E-state index contributed by atoms with van der Waals surface area (Å²) in [6.07, 6.45) is -3.28. The van der Waals surface area contributed by atoms with Crippen LogP contribution in [0.3, 0.4) is 0 Å². The molecule has 0 bridgehead atoms. The number of halogens is 4. The lowest BCUT2D eigenvalue weighted by Gasteiger charge is -2.33. The number of unbranched alkanes of at least 4 members (excludes halogenated alkanes) is 1. The second-order valence-electron chi connectivity index (χ2n) is 11.0. The Kier molecular flexibility index (Phi) is 10.7. The number of alkyl carbamates (subject to hydrolysis) is 1. The molecule has 0 unspecified atom stereocenters. The number of Topliss-reactive ketones (excluding diaryl/α,β-unsaturated/α-hetero) is 1. The monoisotopic (exact) mass is 579 g/mol. The van der Waals surface area contributed by atoms with E-state index in [9.17, 15) is 27.2 Å². The number of aromatic nitrogens is 1. The number of ether oxygens (including phenoxy) is 1. The van der Waals surface area contributed by atoms with Gasteiger partial charge in [-0.25, -0.2) is 9.78 Å². The van der Waals surface area contributed by atoms with E-state index in [-0.39, 0.29) is 24.7 Å². The smallest absolute Gasteiger partial charge is 0.416 e. The highest BCUT2D eigenvalue weighted by molar-refractivity contribution is 6.01. The standard InChI is InChI=1S/C29H37F4N5O3/c1-5-6-8-22(23(39)17-34-26-10-7-9-25(30)36-26)35-27(40)41-24(28(2,3)4)18-38-16-15-21(37-38)19-11-13-20(14-12-19)29(31,32)33/h7,9-14,22,24H,5-6,8,15-18H2,1-4H3,(H,34,36)(H,35,40)/t22-,24+/m0/s1. The fourth-order valence-corrected chi connectivity index (χ4v) is 4.21. The van der Waals surface area contributed by atoms with Gasteiger partial charge in [0, 0.05) is 18.4 Å². The van der Waals surface area contributed by atoms with Crippen molar-refractivity contribution in [2.75, 3.05) is 25.0 Å². The van der Waals surface area contributed by atoms with Crippen molar-refractivity contribution in [3.05, 3.63) is 59.5 Å². The minimum absolute atomic E-state index is 0.150. The van der Waals surface area contributed by atoms with Crippen molar-refractivity contribution >= 4 is 23.4 Å². The molecular weight excluding hydrogens is 542 g/mol. The number of nitrogens with zero attached hydrogens (tertiary/aromatic N) is 3. The molecule has 2 heterocycles. The largest absolute Gasteiger partial charge is 0.444 e. The first kappa shape index (κ1) is 31.8. The third-order valence-corrected chi connectivity index (χ3v) is 6.69. The second kappa shape index (κ2) is 13.8. The Labute approximate surface area is 237 Å². The first-order valence-corrected chi connectivity index (χ1v) is 13.6. The van der Waals surface area contributed by atoms with E-state index in [4.69, 9.17) is 4.74 Å². The van der Waals surface area contributed by atoms with Crippen LogP contribution in [-0.4, -0.2) is 59.4 Å². The van der Waals surface area contributed by atoms with Gasteiger partial charge in [0.25, 0.3) is 0 Å². The lowest BCUT2D eigenvalue weighted by molar-refractivity contribution is -0.137. The quantitative estimate of drug-likeness (QED) is 0.236. The third-order valence-electron chi connectivity index (χ3n) is 6.69. The van der Waals surface area contributed by atoms with Crippen LogP contribution in [0.2, 0.25) is 0 Å². The molecule has 41 heavy (non-hydrogen) atoms. The van der Waals surface area contributed by atoms with Gasteiger partial charge in [-0.2, -0.15) is 22.7 Å². The van der Waals surface area contributed by atoms with Crippen molar-refractivity contribution in [1.82, 2.24) is 15.3 Å². The summed E-state index contributed by atoms with van der Waals surface area (Å²) in [5.74, 6) is -0.752. The summed E-state index contributed by atoms with van der Waals surface area (Å²) >= 11 is 0. The molecular formula is C29H37F4N5O3. The molecule has 1 aromatic heterocycles. The van der Waals surface area contributed by atoms with E-state index in [1.165, 1.54) is 30.3 Å². The van der Waals surface area contributed by atoms with E-state index < -0.39 is 41.3 Å². The van der Waals surface area contributed by atoms with Crippen molar-refractivity contribution in [3.8, 4) is 0 Å². The van der Waals surface area contributed by atoms with Gasteiger partial charge >= 0.3 is 12.3 Å². The minimum Gasteiger partial charge on any atom is -0.444 e. The van der Waals surface area contributed by atoms with Crippen molar-refractivity contribution in [1.29, 1.82) is 0 Å². The van der Waals surface area contributed by atoms with Crippen LogP contribution in [0.25, 0.3) is 0 Å². The molecule has 12 heteroatoms. The van der Waals surface area contributed by atoms with E-state index in [1.807, 2.05) is 27.7 Å². The number of hydrogen-bond acceptors (Lipinski definition) is 7. The van der Waals surface area contributed by atoms with Crippen LogP contribution in [0.4, 0.5) is 28.2 Å². The van der Waals surface area contributed by atoms with Gasteiger partial charge in [0.15, 0.2) is 5.78 Å². The Morgan fingerprint density at radius 2 is 1.80 bits per heavy atom. The predicted octanol–water partition coefficient (Wildman–Crippen LogP) is 6.03. The van der Waals surface area contributed by atoms with Gasteiger partial charge < -0.3 is 15.4 Å². The molecule has 2 aromatic rings. The maximum absolute atomic E-state index is 13.4. The number of pyridine rings is 1. The van der Waals surface area contributed by atoms with Crippen LogP contribution in [-0.2, 0) is 15.7 Å². The van der Waals surface area contributed by atoms with Crippen molar-refractivity contribution in [2.24, 2.45) is 10.5 Å². The normalized spacial score (nSPS) is 15.2. The zero-order chi connectivity index (χ0) is 30.2. The molecule has 8 nitrogen and oxygen atoms in total. The number of ketones is 1. The number of carbonyl (C=O) groups is 2. The SMILES string of the molecule is CCCC[C@H](NC(=O)O[C@H](CN1CCC(c2ccc(C(F)(F)F)cc2)=N1)C(C)(C)C)C(=O)CNc1cccc(F)n1. The molecule has 0 saturated heterocycles. The first-order valence-electron chi connectivity index (χ1n) is 13.6. The Hall–Kier alpha value is -3.70. The molecule has 2 atom stereocenters. The number of benzene rings is 1. The van der Waals surface area contributed by atoms with Gasteiger partial charge in [0.1, 0.15) is 11.9 Å². The molecule has 0 saturated carbocycles. The molecule has 1 amide bonds. The zero-order valence-corrected chi connectivity index (χ0v) is 23.7. The molecule has 0 spiro atoms. The predicted molar refractivity (Wildman–Crippen MR) is 148 cm³/mol. The number of hydrazone groups is 1. The number of hydrogen-bond donors (Lipinski definition) is 2. The summed E-state index contributed by atoms with van der Waals surface area (Å²) in [6.45, 7) is 8.35. The molecule has 1 aliphatic heterocycles. The lowest BCUT2D eigenvalue weighted by Crippen LogP contribution is -2.47. The molecule has 1 aliphatic rings. The van der Waals surface area contributed by atoms with Crippen LogP contribution in [0, 0.1) is 11.4 Å². The summed E-state index contributed by atoms with van der Waals surface area (Å²) < 4.78 is 57.9. The number of nitrogens with one attached hydrogen (secondary N) is 2. The van der Waals surface area contributed by atoms with Gasteiger partial charge in [-0.05, 0) is 36.2 Å². The van der Waals surface area contributed by atoms with E-state index in [0.29, 0.717) is 37.1 Å². The lowest BCUT2D eigenvalue weighted by atomic mass is 9.89. The second-order valence-corrected chi connectivity index (χ2v) is 11.0. The Morgan fingerprint density at radius 1 is 1.10 bits per heavy atom. The van der Waals surface area contributed by atoms with Crippen LogP contribution >= 0.6 is 0 Å². The number of amides is 1. The molecule has 0 fully saturated rings. The van der Waals surface area contributed by atoms with Crippen molar-refractivity contribution < 1.29 is 31.9 Å². The topological polar surface area (TPSA) is 95.9 Å². The Morgan fingerprint density at radius 3 is 2.41 bits per heavy atom. The number of carbonyl (C=O) groups excluding carboxylic acids is 2. The van der Waals surface area contributed by atoms with Gasteiger partial charge in [0.05, 0.1) is 30.4 Å². The maximum atomic E-state index is 13.4. The fourth-order valence-electron chi connectivity index (χ4n) is 4.21. The zero-order valence-electron chi connectivity index (χ0n) is 23.7. The van der Waals surface area contributed by atoms with Crippen LogP contribution in [0.1, 0.15) is 64.5 Å². The molecule has 0 aliphatic carbocycles. The van der Waals surface area contributed by atoms with E-state index in [0.717, 1.165) is 18.6 Å². The van der Waals surface area contributed by atoms with Crippen LogP contribution in [0.5, 0.6) is 0 Å². The van der Waals surface area contributed by atoms with Crippen LogP contribution < -0.4 is 10.6 Å². The van der Waals surface area contributed by atoms with Gasteiger partial charge in [-0.1, -0.05) is 58.7 Å². The average molecular weight is 580 g/mol. The van der Waals surface area contributed by atoms with Crippen LogP contribution in [0.15, 0.2) is 47.6 Å². The van der Waals surface area contributed by atoms with Crippen molar-refractivity contribution in [3.63, 3.8) is 0 Å². The first-order chi connectivity index (χ1) is 19.3. The summed E-state index contributed by atoms with van der Waals surface area (Å²) in [5, 5.41) is 11.8. The number of rotatable bonds is 12. The van der Waals surface area contributed by atoms with E-state index in [2.05, 4.69) is 20.7 Å². The number of alkyl halides is 3. The highest BCUT2D eigenvalue weighted by Crippen LogP contribution is 2.30. The molecule has 2 N–H and O–H groups in total. The van der Waals surface area contributed by atoms with E-state index >= 15 is 0 Å². The molecule has 224 valence electrons. The maximum Gasteiger partial charge on any atom is 0.416 e. The average Bonchev–Trinajstić information content (AvgIpc) is 3.37.